The van der Waals surface area contributed by atoms with Crippen LogP contribution >= 0.6 is 46.3 Å². The van der Waals surface area contributed by atoms with Crippen LogP contribution in [0.3, 0.4) is 0 Å². The van der Waals surface area contributed by atoms with E-state index in [1.54, 1.807) is 23.1 Å². The summed E-state index contributed by atoms with van der Waals surface area (Å²) in [5.41, 5.74) is 2.05. The summed E-state index contributed by atoms with van der Waals surface area (Å²) in [6, 6.07) is 7.70. The molecule has 23 heavy (non-hydrogen) atoms. The summed E-state index contributed by atoms with van der Waals surface area (Å²) in [6.07, 6.45) is 0. The van der Waals surface area contributed by atoms with Gasteiger partial charge in [-0.25, -0.2) is 0 Å². The Bertz CT molecular complexity index is 806. The topological polar surface area (TPSA) is 30.7 Å². The summed E-state index contributed by atoms with van der Waals surface area (Å²) in [5.74, 6) is 1.57. The number of aromatic nitrogens is 3. The van der Waals surface area contributed by atoms with Gasteiger partial charge in [-0.05, 0) is 37.6 Å². The van der Waals surface area contributed by atoms with Gasteiger partial charge in [0.15, 0.2) is 11.0 Å². The number of hydrogen-bond donors (Lipinski definition) is 0. The van der Waals surface area contributed by atoms with Gasteiger partial charge in [0.05, 0.1) is 0 Å². The van der Waals surface area contributed by atoms with E-state index < -0.39 is 0 Å². The molecule has 0 amide bonds. The van der Waals surface area contributed by atoms with Crippen LogP contribution in [-0.4, -0.2) is 14.8 Å². The lowest BCUT2D eigenvalue weighted by atomic mass is 10.2. The van der Waals surface area contributed by atoms with E-state index >= 15 is 0 Å². The highest BCUT2D eigenvalue weighted by Crippen LogP contribution is 2.33. The van der Waals surface area contributed by atoms with Gasteiger partial charge in [-0.15, -0.1) is 21.5 Å². The zero-order valence-corrected chi connectivity index (χ0v) is 15.9. The second kappa shape index (κ2) is 7.26. The Morgan fingerprint density at radius 3 is 2.57 bits per heavy atom. The predicted molar refractivity (Wildman–Crippen MR) is 99.8 cm³/mol. The molecule has 3 rings (SSSR count). The molecule has 2 heterocycles. The van der Waals surface area contributed by atoms with Gasteiger partial charge in [-0.3, -0.25) is 0 Å². The number of nitrogens with zero attached hydrogens (tertiary/aromatic N) is 3. The Morgan fingerprint density at radius 2 is 1.96 bits per heavy atom. The van der Waals surface area contributed by atoms with Gasteiger partial charge >= 0.3 is 0 Å². The van der Waals surface area contributed by atoms with Crippen LogP contribution in [0.25, 0.3) is 11.4 Å². The standard InChI is InChI=1S/C16H15Cl2N3S2/c1-3-21-15(11-7-10(2)22-8-11)19-20-16(21)23-9-12-13(17)5-4-6-14(12)18/h4-8H,3,9H2,1-2H3. The Labute approximate surface area is 153 Å². The molecule has 3 nitrogen and oxygen atoms in total. The van der Waals surface area contributed by atoms with E-state index in [-0.39, 0.29) is 0 Å². The molecular formula is C16H15Cl2N3S2. The molecule has 0 radical (unpaired) electrons. The van der Waals surface area contributed by atoms with E-state index in [9.17, 15) is 0 Å². The van der Waals surface area contributed by atoms with Crippen LogP contribution in [0.4, 0.5) is 0 Å². The molecule has 0 bridgehead atoms. The Balaban J connectivity index is 1.85. The first-order valence-corrected chi connectivity index (χ1v) is 9.76. The number of rotatable bonds is 5. The highest BCUT2D eigenvalue weighted by molar-refractivity contribution is 7.98. The summed E-state index contributed by atoms with van der Waals surface area (Å²) < 4.78 is 2.12. The van der Waals surface area contributed by atoms with Crippen molar-refractivity contribution in [3.05, 3.63) is 50.1 Å². The molecule has 0 aliphatic rings. The highest BCUT2D eigenvalue weighted by atomic mass is 35.5. The van der Waals surface area contributed by atoms with Crippen LogP contribution < -0.4 is 0 Å². The van der Waals surface area contributed by atoms with Crippen molar-refractivity contribution < 1.29 is 0 Å². The lowest BCUT2D eigenvalue weighted by molar-refractivity contribution is 0.687. The van der Waals surface area contributed by atoms with Crippen LogP contribution in [0, 0.1) is 6.92 Å². The SMILES string of the molecule is CCn1c(SCc2c(Cl)cccc2Cl)nnc1-c1csc(C)c1. The number of hydrogen-bond acceptors (Lipinski definition) is 4. The molecule has 0 fully saturated rings. The molecule has 120 valence electrons. The molecule has 1 aromatic carbocycles. The molecule has 0 aliphatic carbocycles. The van der Waals surface area contributed by atoms with Gasteiger partial charge in [0.25, 0.3) is 0 Å². The van der Waals surface area contributed by atoms with E-state index in [1.165, 1.54) is 4.88 Å². The number of aryl methyl sites for hydroxylation is 1. The molecule has 3 aromatic rings. The lowest BCUT2D eigenvalue weighted by Gasteiger charge is -2.08. The van der Waals surface area contributed by atoms with Gasteiger partial charge in [-0.1, -0.05) is 41.0 Å². The zero-order valence-electron chi connectivity index (χ0n) is 12.7. The molecule has 2 aromatic heterocycles. The van der Waals surface area contributed by atoms with Crippen molar-refractivity contribution in [2.75, 3.05) is 0 Å². The molecule has 7 heteroatoms. The van der Waals surface area contributed by atoms with Crippen LogP contribution in [0.5, 0.6) is 0 Å². The number of thiophene rings is 1. The summed E-state index contributed by atoms with van der Waals surface area (Å²) in [7, 11) is 0. The Morgan fingerprint density at radius 1 is 1.22 bits per heavy atom. The van der Waals surface area contributed by atoms with Crippen LogP contribution in [0.15, 0.2) is 34.8 Å². The number of benzene rings is 1. The van der Waals surface area contributed by atoms with Gasteiger partial charge in [-0.2, -0.15) is 0 Å². The summed E-state index contributed by atoms with van der Waals surface area (Å²) in [4.78, 5) is 1.27. The van der Waals surface area contributed by atoms with Crippen molar-refractivity contribution in [1.29, 1.82) is 0 Å². The molecule has 0 N–H and O–H groups in total. The maximum Gasteiger partial charge on any atom is 0.191 e. The Hall–Kier alpha value is -1.01. The fourth-order valence-electron chi connectivity index (χ4n) is 2.26. The first kappa shape index (κ1) is 16.8. The number of halogens is 2. The summed E-state index contributed by atoms with van der Waals surface area (Å²) in [6.45, 7) is 5.00. The molecule has 0 unspecified atom stereocenters. The average Bonchev–Trinajstić information content (AvgIpc) is 3.12. The third-order valence-electron chi connectivity index (χ3n) is 3.43. The third kappa shape index (κ3) is 3.58. The highest BCUT2D eigenvalue weighted by Gasteiger charge is 2.15. The largest absolute Gasteiger partial charge is 0.302 e. The van der Waals surface area contributed by atoms with Crippen LogP contribution in [-0.2, 0) is 12.3 Å². The van der Waals surface area contributed by atoms with E-state index in [1.807, 2.05) is 18.2 Å². The summed E-state index contributed by atoms with van der Waals surface area (Å²) >= 11 is 15.8. The lowest BCUT2D eigenvalue weighted by Crippen LogP contribution is -1.99. The minimum atomic E-state index is 0.666. The fraction of sp³-hybridized carbons (Fsp3) is 0.250. The van der Waals surface area contributed by atoms with Crippen molar-refractivity contribution >= 4 is 46.3 Å². The minimum Gasteiger partial charge on any atom is -0.302 e. The van der Waals surface area contributed by atoms with E-state index in [2.05, 4.69) is 40.1 Å². The molecular weight excluding hydrogens is 369 g/mol. The zero-order chi connectivity index (χ0) is 16.4. The van der Waals surface area contributed by atoms with E-state index in [0.717, 1.165) is 28.7 Å². The van der Waals surface area contributed by atoms with Crippen LogP contribution in [0.2, 0.25) is 10.0 Å². The Kier molecular flexibility index (Phi) is 5.31. The maximum absolute atomic E-state index is 6.23. The van der Waals surface area contributed by atoms with Gasteiger partial charge in [0.2, 0.25) is 0 Å². The van der Waals surface area contributed by atoms with Crippen molar-refractivity contribution in [3.8, 4) is 11.4 Å². The molecule has 0 saturated heterocycles. The minimum absolute atomic E-state index is 0.666. The molecule has 0 aliphatic heterocycles. The van der Waals surface area contributed by atoms with Gasteiger partial charge < -0.3 is 4.57 Å². The van der Waals surface area contributed by atoms with Crippen LogP contribution in [0.1, 0.15) is 17.4 Å². The smallest absolute Gasteiger partial charge is 0.191 e. The number of thioether (sulfide) groups is 1. The van der Waals surface area contributed by atoms with Crippen molar-refractivity contribution in [2.24, 2.45) is 0 Å². The fourth-order valence-corrected chi connectivity index (χ4v) is 4.69. The second-order valence-electron chi connectivity index (χ2n) is 4.99. The van der Waals surface area contributed by atoms with Gasteiger partial charge in [0, 0.05) is 38.2 Å². The summed E-state index contributed by atoms with van der Waals surface area (Å²) in [5, 5.41) is 13.1. The van der Waals surface area contributed by atoms with Crippen molar-refractivity contribution in [1.82, 2.24) is 14.8 Å². The monoisotopic (exact) mass is 383 g/mol. The van der Waals surface area contributed by atoms with Crippen molar-refractivity contribution in [2.45, 2.75) is 31.3 Å². The molecule has 0 saturated carbocycles. The quantitative estimate of drug-likeness (QED) is 0.511. The van der Waals surface area contributed by atoms with Gasteiger partial charge in [0.1, 0.15) is 0 Å². The van der Waals surface area contributed by atoms with E-state index in [0.29, 0.717) is 15.8 Å². The second-order valence-corrected chi connectivity index (χ2v) is 7.86. The molecule has 0 spiro atoms. The normalized spacial score (nSPS) is 11.1. The van der Waals surface area contributed by atoms with E-state index in [4.69, 9.17) is 23.2 Å². The maximum atomic E-state index is 6.23. The predicted octanol–water partition coefficient (Wildman–Crippen LogP) is 5.93. The first-order chi connectivity index (χ1) is 11.1. The molecule has 0 atom stereocenters. The average molecular weight is 384 g/mol. The third-order valence-corrected chi connectivity index (χ3v) is 5.99. The van der Waals surface area contributed by atoms with Crippen molar-refractivity contribution in [3.63, 3.8) is 0 Å². The first-order valence-electron chi connectivity index (χ1n) is 7.14.